The maximum atomic E-state index is 13.3. The van der Waals surface area contributed by atoms with Crippen LogP contribution in [0.4, 0.5) is 0 Å². The number of benzene rings is 1. The molecule has 1 aromatic rings. The van der Waals surface area contributed by atoms with Crippen LogP contribution in [0.1, 0.15) is 18.9 Å². The summed E-state index contributed by atoms with van der Waals surface area (Å²) in [5.41, 5.74) is 1.46. The standard InChI is InChI=1S/C22H32N2O6/c1-5-30-18-9-7-17(8-10-18)19-20(23(12-15-28-3)13-16-29-4)22(26)24(21(19)25)11-6-14-27-2/h7-10H,5-6,11-16H2,1-4H3. The minimum Gasteiger partial charge on any atom is -0.494 e. The van der Waals surface area contributed by atoms with Crippen LogP contribution in [0.5, 0.6) is 5.75 Å². The fourth-order valence-electron chi connectivity index (χ4n) is 3.31. The van der Waals surface area contributed by atoms with E-state index in [9.17, 15) is 9.59 Å². The van der Waals surface area contributed by atoms with Crippen LogP contribution in [0.25, 0.3) is 5.57 Å². The van der Waals surface area contributed by atoms with Crippen molar-refractivity contribution in [2.75, 3.05) is 67.4 Å². The number of rotatable bonds is 14. The number of hydrogen-bond acceptors (Lipinski definition) is 7. The van der Waals surface area contributed by atoms with E-state index in [-0.39, 0.29) is 11.8 Å². The van der Waals surface area contributed by atoms with Gasteiger partial charge in [0.05, 0.1) is 25.4 Å². The Bertz CT molecular complexity index is 724. The molecule has 0 unspecified atom stereocenters. The third-order valence-electron chi connectivity index (χ3n) is 4.77. The van der Waals surface area contributed by atoms with Gasteiger partial charge in [-0.3, -0.25) is 14.5 Å². The lowest BCUT2D eigenvalue weighted by Gasteiger charge is -2.25. The first-order chi connectivity index (χ1) is 14.6. The van der Waals surface area contributed by atoms with Crippen LogP contribution < -0.4 is 4.74 Å². The molecule has 0 fully saturated rings. The predicted molar refractivity (Wildman–Crippen MR) is 113 cm³/mol. The number of ether oxygens (including phenoxy) is 4. The molecular formula is C22H32N2O6. The molecule has 0 bridgehead atoms. The maximum absolute atomic E-state index is 13.3. The highest BCUT2D eigenvalue weighted by molar-refractivity contribution is 6.35. The third-order valence-corrected chi connectivity index (χ3v) is 4.77. The van der Waals surface area contributed by atoms with Crippen molar-refractivity contribution in [2.24, 2.45) is 0 Å². The van der Waals surface area contributed by atoms with Gasteiger partial charge in [0.25, 0.3) is 11.8 Å². The van der Waals surface area contributed by atoms with Crippen molar-refractivity contribution < 1.29 is 28.5 Å². The summed E-state index contributed by atoms with van der Waals surface area (Å²) in [4.78, 5) is 29.7. The lowest BCUT2D eigenvalue weighted by Crippen LogP contribution is -2.38. The van der Waals surface area contributed by atoms with E-state index in [1.54, 1.807) is 21.3 Å². The number of carbonyl (C=O) groups excluding carboxylic acids is 2. The monoisotopic (exact) mass is 420 g/mol. The Kier molecular flexibility index (Phi) is 9.79. The van der Waals surface area contributed by atoms with E-state index in [2.05, 4.69) is 0 Å². The average molecular weight is 421 g/mol. The SMILES string of the molecule is CCOc1ccc(C2=C(N(CCOC)CCOC)C(=O)N(CCCOC)C2=O)cc1. The Hall–Kier alpha value is -2.42. The zero-order chi connectivity index (χ0) is 21.9. The predicted octanol–water partition coefficient (Wildman–Crippen LogP) is 1.80. The first-order valence-corrected chi connectivity index (χ1v) is 10.1. The normalized spacial score (nSPS) is 14.1. The molecule has 2 rings (SSSR count). The summed E-state index contributed by atoms with van der Waals surface area (Å²) in [6, 6.07) is 7.25. The van der Waals surface area contributed by atoms with Crippen LogP contribution in [-0.4, -0.2) is 89.0 Å². The molecular weight excluding hydrogens is 388 g/mol. The van der Waals surface area contributed by atoms with Gasteiger partial charge in [-0.25, -0.2) is 0 Å². The van der Waals surface area contributed by atoms with Crippen molar-refractivity contribution in [3.8, 4) is 5.75 Å². The second kappa shape index (κ2) is 12.3. The van der Waals surface area contributed by atoms with Gasteiger partial charge in [0.15, 0.2) is 0 Å². The largest absolute Gasteiger partial charge is 0.494 e. The molecule has 1 heterocycles. The van der Waals surface area contributed by atoms with Crippen LogP contribution in [-0.2, 0) is 23.8 Å². The van der Waals surface area contributed by atoms with Gasteiger partial charge < -0.3 is 23.8 Å². The van der Waals surface area contributed by atoms with Crippen LogP contribution in [0.15, 0.2) is 30.0 Å². The summed E-state index contributed by atoms with van der Waals surface area (Å²) < 4.78 is 21.0. The van der Waals surface area contributed by atoms with E-state index in [1.807, 2.05) is 36.1 Å². The minimum atomic E-state index is -0.299. The van der Waals surface area contributed by atoms with Crippen molar-refractivity contribution in [1.82, 2.24) is 9.80 Å². The van der Waals surface area contributed by atoms with Crippen LogP contribution in [0.3, 0.4) is 0 Å². The lowest BCUT2D eigenvalue weighted by atomic mass is 10.0. The smallest absolute Gasteiger partial charge is 0.277 e. The molecule has 0 radical (unpaired) electrons. The summed E-state index contributed by atoms with van der Waals surface area (Å²) in [7, 11) is 4.81. The van der Waals surface area contributed by atoms with Gasteiger partial charge in [-0.1, -0.05) is 12.1 Å². The van der Waals surface area contributed by atoms with E-state index in [0.29, 0.717) is 75.1 Å². The molecule has 1 aliphatic heterocycles. The average Bonchev–Trinajstić information content (AvgIpc) is 2.99. The highest BCUT2D eigenvalue weighted by Gasteiger charge is 2.41. The van der Waals surface area contributed by atoms with Crippen LogP contribution >= 0.6 is 0 Å². The van der Waals surface area contributed by atoms with E-state index in [4.69, 9.17) is 18.9 Å². The van der Waals surface area contributed by atoms with Crippen molar-refractivity contribution in [2.45, 2.75) is 13.3 Å². The molecule has 1 aliphatic rings. The summed E-state index contributed by atoms with van der Waals surface area (Å²) in [6.45, 7) is 5.04. The molecule has 2 amide bonds. The van der Waals surface area contributed by atoms with Crippen molar-refractivity contribution in [3.05, 3.63) is 35.5 Å². The molecule has 0 N–H and O–H groups in total. The number of hydrogen-bond donors (Lipinski definition) is 0. The van der Waals surface area contributed by atoms with Gasteiger partial charge in [-0.2, -0.15) is 0 Å². The quantitative estimate of drug-likeness (QED) is 0.335. The summed E-state index contributed by atoms with van der Waals surface area (Å²) in [6.07, 6.45) is 0.577. The number of nitrogens with zero attached hydrogens (tertiary/aromatic N) is 2. The Morgan fingerprint density at radius 1 is 0.867 bits per heavy atom. The Balaban J connectivity index is 2.44. The Morgan fingerprint density at radius 2 is 1.47 bits per heavy atom. The van der Waals surface area contributed by atoms with Gasteiger partial charge in [-0.05, 0) is 31.0 Å². The third kappa shape index (κ3) is 5.81. The molecule has 0 atom stereocenters. The first-order valence-electron chi connectivity index (χ1n) is 10.1. The number of imide groups is 1. The van der Waals surface area contributed by atoms with E-state index in [0.717, 1.165) is 0 Å². The van der Waals surface area contributed by atoms with Gasteiger partial charge in [0.2, 0.25) is 0 Å². The van der Waals surface area contributed by atoms with Gasteiger partial charge in [0, 0.05) is 47.6 Å². The van der Waals surface area contributed by atoms with E-state index < -0.39 is 0 Å². The van der Waals surface area contributed by atoms with Crippen LogP contribution in [0.2, 0.25) is 0 Å². The van der Waals surface area contributed by atoms with Gasteiger partial charge in [0.1, 0.15) is 11.4 Å². The molecule has 0 saturated carbocycles. The maximum Gasteiger partial charge on any atom is 0.277 e. The molecule has 0 saturated heterocycles. The first kappa shape index (κ1) is 23.9. The van der Waals surface area contributed by atoms with Crippen LogP contribution in [0, 0.1) is 0 Å². The van der Waals surface area contributed by atoms with Gasteiger partial charge >= 0.3 is 0 Å². The van der Waals surface area contributed by atoms with Crippen molar-refractivity contribution >= 4 is 17.4 Å². The molecule has 0 spiro atoms. The van der Waals surface area contributed by atoms with E-state index >= 15 is 0 Å². The fourth-order valence-corrected chi connectivity index (χ4v) is 3.31. The second-order valence-corrected chi connectivity index (χ2v) is 6.76. The van der Waals surface area contributed by atoms with Crippen molar-refractivity contribution in [3.63, 3.8) is 0 Å². The number of amides is 2. The zero-order valence-electron chi connectivity index (χ0n) is 18.3. The zero-order valence-corrected chi connectivity index (χ0v) is 18.3. The highest BCUT2D eigenvalue weighted by Crippen LogP contribution is 2.32. The Labute approximate surface area is 178 Å². The highest BCUT2D eigenvalue weighted by atomic mass is 16.5. The summed E-state index contributed by atoms with van der Waals surface area (Å²) in [5.74, 6) is 0.120. The molecule has 1 aromatic carbocycles. The molecule has 8 heteroatoms. The second-order valence-electron chi connectivity index (χ2n) is 6.76. The number of methoxy groups -OCH3 is 3. The van der Waals surface area contributed by atoms with E-state index in [1.165, 1.54) is 4.90 Å². The summed E-state index contributed by atoms with van der Waals surface area (Å²) in [5, 5.41) is 0. The molecule has 0 aromatic heterocycles. The van der Waals surface area contributed by atoms with Crippen molar-refractivity contribution in [1.29, 1.82) is 0 Å². The lowest BCUT2D eigenvalue weighted by molar-refractivity contribution is -0.137. The molecule has 166 valence electrons. The molecule has 0 aliphatic carbocycles. The molecule has 8 nitrogen and oxygen atoms in total. The summed E-state index contributed by atoms with van der Waals surface area (Å²) >= 11 is 0. The number of carbonyl (C=O) groups is 2. The topological polar surface area (TPSA) is 77.5 Å². The Morgan fingerprint density at radius 3 is 2.00 bits per heavy atom. The van der Waals surface area contributed by atoms with Gasteiger partial charge in [-0.15, -0.1) is 0 Å². The fraction of sp³-hybridized carbons (Fsp3) is 0.545. The molecule has 30 heavy (non-hydrogen) atoms. The minimum absolute atomic E-state index is 0.296.